The third kappa shape index (κ3) is 3.88. The molecule has 0 spiro atoms. The van der Waals surface area contributed by atoms with Gasteiger partial charge >= 0.3 is 0 Å². The molecule has 0 aromatic heterocycles. The first-order valence-corrected chi connectivity index (χ1v) is 7.81. The largest absolute Gasteiger partial charge is 0.342 e. The number of hydrogen-bond donors (Lipinski definition) is 1. The van der Waals surface area contributed by atoms with Gasteiger partial charge in [0, 0.05) is 18.3 Å². The van der Waals surface area contributed by atoms with Crippen molar-refractivity contribution in [3.63, 3.8) is 0 Å². The summed E-state index contributed by atoms with van der Waals surface area (Å²) >= 11 is 1.85. The molecule has 2 fully saturated rings. The number of hydrogen-bond acceptors (Lipinski definition) is 3. The predicted octanol–water partition coefficient (Wildman–Crippen LogP) is 1.73. The summed E-state index contributed by atoms with van der Waals surface area (Å²) in [4.78, 5) is 14.0. The summed E-state index contributed by atoms with van der Waals surface area (Å²) in [6.45, 7) is 4.41. The number of carbonyl (C=O) groups is 1. The molecule has 1 heterocycles. The van der Waals surface area contributed by atoms with Gasteiger partial charge in [-0.05, 0) is 51.6 Å². The highest BCUT2D eigenvalue weighted by Crippen LogP contribution is 2.35. The molecule has 1 saturated carbocycles. The maximum absolute atomic E-state index is 12.0. The molecule has 98 valence electrons. The van der Waals surface area contributed by atoms with Crippen molar-refractivity contribution in [2.75, 3.05) is 25.9 Å². The lowest BCUT2D eigenvalue weighted by molar-refractivity contribution is -0.129. The van der Waals surface area contributed by atoms with Crippen molar-refractivity contribution in [2.45, 2.75) is 43.9 Å². The second-order valence-corrected chi connectivity index (χ2v) is 6.63. The van der Waals surface area contributed by atoms with Gasteiger partial charge in [-0.3, -0.25) is 4.79 Å². The van der Waals surface area contributed by atoms with E-state index in [-0.39, 0.29) is 0 Å². The lowest BCUT2D eigenvalue weighted by Gasteiger charge is -2.27. The van der Waals surface area contributed by atoms with Crippen LogP contribution in [0.1, 0.15) is 32.6 Å². The summed E-state index contributed by atoms with van der Waals surface area (Å²) in [5, 5.41) is 4.04. The molecule has 0 bridgehead atoms. The molecule has 2 aliphatic rings. The second kappa shape index (κ2) is 6.10. The zero-order valence-electron chi connectivity index (χ0n) is 10.9. The number of piperidine rings is 1. The molecule has 2 rings (SSSR count). The highest BCUT2D eigenvalue weighted by Gasteiger charge is 2.32. The lowest BCUT2D eigenvalue weighted by Crippen LogP contribution is -2.38. The van der Waals surface area contributed by atoms with E-state index in [2.05, 4.69) is 12.2 Å². The van der Waals surface area contributed by atoms with Gasteiger partial charge in [-0.15, -0.1) is 11.8 Å². The summed E-state index contributed by atoms with van der Waals surface area (Å²) < 4.78 is 0. The van der Waals surface area contributed by atoms with Crippen LogP contribution < -0.4 is 5.32 Å². The maximum atomic E-state index is 12.0. The Morgan fingerprint density at radius 3 is 2.59 bits per heavy atom. The highest BCUT2D eigenvalue weighted by atomic mass is 32.2. The molecule has 1 aliphatic heterocycles. The van der Waals surface area contributed by atoms with Crippen molar-refractivity contribution in [2.24, 2.45) is 5.92 Å². The quantitative estimate of drug-likeness (QED) is 0.813. The van der Waals surface area contributed by atoms with Gasteiger partial charge in [0.05, 0.1) is 5.75 Å². The van der Waals surface area contributed by atoms with E-state index < -0.39 is 0 Å². The van der Waals surface area contributed by atoms with E-state index in [1.54, 1.807) is 0 Å². The number of amides is 1. The average molecular weight is 256 g/mol. The highest BCUT2D eigenvalue weighted by molar-refractivity contribution is 8.00. The van der Waals surface area contributed by atoms with Crippen LogP contribution in [-0.2, 0) is 4.79 Å². The van der Waals surface area contributed by atoms with E-state index in [0.29, 0.717) is 23.0 Å². The number of rotatable bonds is 5. The van der Waals surface area contributed by atoms with Crippen LogP contribution in [0.4, 0.5) is 0 Å². The molecule has 1 N–H and O–H groups in total. The minimum absolute atomic E-state index is 0.313. The van der Waals surface area contributed by atoms with E-state index >= 15 is 0 Å². The molecule has 1 unspecified atom stereocenters. The zero-order valence-corrected chi connectivity index (χ0v) is 11.8. The van der Waals surface area contributed by atoms with Crippen molar-refractivity contribution in [3.05, 3.63) is 0 Å². The minimum atomic E-state index is 0.313. The van der Waals surface area contributed by atoms with Crippen LogP contribution in [-0.4, -0.2) is 48.0 Å². The van der Waals surface area contributed by atoms with Gasteiger partial charge in [0.1, 0.15) is 0 Å². The third-order valence-electron chi connectivity index (χ3n) is 4.04. The molecule has 1 atom stereocenters. The number of nitrogens with one attached hydrogen (secondary N) is 1. The molecular weight excluding hydrogens is 232 g/mol. The number of nitrogens with zero attached hydrogens (tertiary/aromatic N) is 1. The zero-order chi connectivity index (χ0) is 12.3. The molecule has 4 heteroatoms. The van der Waals surface area contributed by atoms with Crippen LogP contribution in [0, 0.1) is 5.92 Å². The van der Waals surface area contributed by atoms with Crippen LogP contribution in [0.5, 0.6) is 0 Å². The van der Waals surface area contributed by atoms with Gasteiger partial charge in [-0.25, -0.2) is 0 Å². The van der Waals surface area contributed by atoms with Gasteiger partial charge in [0.15, 0.2) is 0 Å². The van der Waals surface area contributed by atoms with Gasteiger partial charge in [-0.2, -0.15) is 0 Å². The molecule has 1 saturated heterocycles. The Hall–Kier alpha value is -0.220. The molecule has 3 nitrogen and oxygen atoms in total. The van der Waals surface area contributed by atoms with Crippen LogP contribution in [0.15, 0.2) is 0 Å². The van der Waals surface area contributed by atoms with Crippen LogP contribution in [0.2, 0.25) is 0 Å². The monoisotopic (exact) mass is 256 g/mol. The topological polar surface area (TPSA) is 32.3 Å². The molecular formula is C13H24N2OS. The number of thioether (sulfide) groups is 1. The fraction of sp³-hybridized carbons (Fsp3) is 0.923. The fourth-order valence-corrected chi connectivity index (χ4v) is 3.53. The molecule has 1 amide bonds. The molecule has 0 aromatic carbocycles. The Morgan fingerprint density at radius 1 is 1.35 bits per heavy atom. The SMILES string of the molecule is CC(C1CC1)N(C)C(=O)CSC1CCNCC1. The predicted molar refractivity (Wildman–Crippen MR) is 73.3 cm³/mol. The maximum Gasteiger partial charge on any atom is 0.232 e. The standard InChI is InChI=1S/C13H24N2OS/c1-10(11-3-4-11)15(2)13(16)9-17-12-5-7-14-8-6-12/h10-12,14H,3-9H2,1-2H3. The average Bonchev–Trinajstić information content (AvgIpc) is 3.19. The second-order valence-electron chi connectivity index (χ2n) is 5.34. The molecule has 0 aromatic rings. The van der Waals surface area contributed by atoms with Crippen molar-refractivity contribution in [1.82, 2.24) is 10.2 Å². The Labute approximate surface area is 109 Å². The summed E-state index contributed by atoms with van der Waals surface area (Å²) in [6, 6.07) is 0.441. The van der Waals surface area contributed by atoms with Gasteiger partial charge < -0.3 is 10.2 Å². The van der Waals surface area contributed by atoms with E-state index in [0.717, 1.165) is 19.0 Å². The van der Waals surface area contributed by atoms with Crippen molar-refractivity contribution in [1.29, 1.82) is 0 Å². The van der Waals surface area contributed by atoms with E-state index in [1.807, 2.05) is 23.7 Å². The van der Waals surface area contributed by atoms with Gasteiger partial charge in [0.25, 0.3) is 0 Å². The summed E-state index contributed by atoms with van der Waals surface area (Å²) in [5.41, 5.74) is 0. The normalized spacial score (nSPS) is 23.4. The Kier molecular flexibility index (Phi) is 4.74. The van der Waals surface area contributed by atoms with Crippen molar-refractivity contribution < 1.29 is 4.79 Å². The summed E-state index contributed by atoms with van der Waals surface area (Å²) in [5.74, 6) is 1.75. The van der Waals surface area contributed by atoms with E-state index in [1.165, 1.54) is 25.7 Å². The first kappa shape index (κ1) is 13.2. The first-order valence-electron chi connectivity index (χ1n) is 6.76. The molecule has 17 heavy (non-hydrogen) atoms. The number of carbonyl (C=O) groups excluding carboxylic acids is 1. The van der Waals surface area contributed by atoms with Crippen LogP contribution in [0.3, 0.4) is 0 Å². The molecule has 0 radical (unpaired) electrons. The van der Waals surface area contributed by atoms with E-state index in [9.17, 15) is 4.79 Å². The van der Waals surface area contributed by atoms with E-state index in [4.69, 9.17) is 0 Å². The van der Waals surface area contributed by atoms with Crippen LogP contribution in [0.25, 0.3) is 0 Å². The Morgan fingerprint density at radius 2 is 2.00 bits per heavy atom. The fourth-order valence-electron chi connectivity index (χ4n) is 2.38. The smallest absolute Gasteiger partial charge is 0.232 e. The van der Waals surface area contributed by atoms with Crippen molar-refractivity contribution >= 4 is 17.7 Å². The van der Waals surface area contributed by atoms with Gasteiger partial charge in [0.2, 0.25) is 5.91 Å². The summed E-state index contributed by atoms with van der Waals surface area (Å²) in [6.07, 6.45) is 5.03. The minimum Gasteiger partial charge on any atom is -0.342 e. The third-order valence-corrected chi connectivity index (χ3v) is 5.39. The van der Waals surface area contributed by atoms with Crippen molar-refractivity contribution in [3.8, 4) is 0 Å². The van der Waals surface area contributed by atoms with Crippen LogP contribution >= 0.6 is 11.8 Å². The Balaban J connectivity index is 1.68. The first-order chi connectivity index (χ1) is 8.18. The molecule has 1 aliphatic carbocycles. The Bertz CT molecular complexity index is 262. The van der Waals surface area contributed by atoms with Gasteiger partial charge in [-0.1, -0.05) is 0 Å². The summed E-state index contributed by atoms with van der Waals surface area (Å²) in [7, 11) is 1.97. The lowest BCUT2D eigenvalue weighted by atomic mass is 10.2.